The number of aromatic hydroxyl groups is 2. The summed E-state index contributed by atoms with van der Waals surface area (Å²) in [6.07, 6.45) is 0.422. The molecule has 0 aromatic heterocycles. The van der Waals surface area contributed by atoms with Gasteiger partial charge in [-0.25, -0.2) is 0 Å². The van der Waals surface area contributed by atoms with E-state index in [1.165, 1.54) is 6.92 Å². The standard InChI is InChI=1S/C36H55NO5S2.C2H6O3S/c1-32(2,3)24-18-22(19-25(30(24)40)33(4,5)6)43-36(12,13)44-23-20-26(34(7,8)9)31(41)27(21-23)35(10,11)16-17-42-29(39)15-14-28(37)38;1-2-6(3,4)5/h18-21,40-41H,14-17H2,1-13H3,(H2,37,38);2H2,1H3,(H,3,4,5). The molecule has 2 rings (SSSR count). The molecule has 0 aliphatic heterocycles. The van der Waals surface area contributed by atoms with Crippen molar-refractivity contribution in [2.45, 2.75) is 152 Å². The van der Waals surface area contributed by atoms with Crippen molar-refractivity contribution in [3.63, 3.8) is 0 Å². The Morgan fingerprint density at radius 3 is 1.36 bits per heavy atom. The van der Waals surface area contributed by atoms with Crippen LogP contribution in [0.4, 0.5) is 0 Å². The smallest absolute Gasteiger partial charge is 0.306 e. The van der Waals surface area contributed by atoms with Crippen molar-refractivity contribution in [3.05, 3.63) is 46.5 Å². The van der Waals surface area contributed by atoms with Crippen molar-refractivity contribution < 1.29 is 37.5 Å². The molecule has 0 aliphatic rings. The molecular weight excluding hydrogens is 695 g/mol. The van der Waals surface area contributed by atoms with Crippen molar-refractivity contribution in [1.82, 2.24) is 0 Å². The number of hydrogen-bond donors (Lipinski definition) is 4. The van der Waals surface area contributed by atoms with Crippen LogP contribution in [0.25, 0.3) is 0 Å². The Bertz CT molecular complexity index is 1570. The summed E-state index contributed by atoms with van der Waals surface area (Å²) in [5, 5.41) is 22.7. The second-order valence-corrected chi connectivity index (χ2v) is 22.2. The first-order valence-electron chi connectivity index (χ1n) is 16.8. The maximum Gasteiger partial charge on any atom is 0.306 e. The number of esters is 1. The summed E-state index contributed by atoms with van der Waals surface area (Å²) in [5.41, 5.74) is 7.45. The van der Waals surface area contributed by atoms with Crippen molar-refractivity contribution in [1.29, 1.82) is 0 Å². The van der Waals surface area contributed by atoms with E-state index in [1.54, 1.807) is 23.5 Å². The van der Waals surface area contributed by atoms with E-state index in [-0.39, 0.29) is 51.3 Å². The number of carbonyl (C=O) groups excluding carboxylic acids is 2. The summed E-state index contributed by atoms with van der Waals surface area (Å²) in [6, 6.07) is 8.39. The molecular formula is C38H61NO8S3. The molecule has 50 heavy (non-hydrogen) atoms. The van der Waals surface area contributed by atoms with Crippen molar-refractivity contribution in [2.24, 2.45) is 5.73 Å². The maximum absolute atomic E-state index is 12.1. The molecule has 0 radical (unpaired) electrons. The second kappa shape index (κ2) is 16.9. The van der Waals surface area contributed by atoms with E-state index >= 15 is 0 Å². The van der Waals surface area contributed by atoms with E-state index in [0.29, 0.717) is 12.2 Å². The highest BCUT2D eigenvalue weighted by atomic mass is 32.2. The molecule has 0 aliphatic carbocycles. The molecule has 9 nitrogen and oxygen atoms in total. The van der Waals surface area contributed by atoms with Crippen LogP contribution in [0.3, 0.4) is 0 Å². The van der Waals surface area contributed by atoms with Gasteiger partial charge in [0, 0.05) is 38.5 Å². The van der Waals surface area contributed by atoms with Crippen LogP contribution in [0.5, 0.6) is 11.5 Å². The van der Waals surface area contributed by atoms with Gasteiger partial charge >= 0.3 is 5.97 Å². The highest BCUT2D eigenvalue weighted by Gasteiger charge is 2.33. The minimum absolute atomic E-state index is 0.0375. The van der Waals surface area contributed by atoms with Gasteiger partial charge in [0.15, 0.2) is 0 Å². The first-order chi connectivity index (χ1) is 22.3. The highest BCUT2D eigenvalue weighted by molar-refractivity contribution is 8.18. The first-order valence-corrected chi connectivity index (χ1v) is 20.1. The van der Waals surface area contributed by atoms with Crippen LogP contribution in [0.15, 0.2) is 34.1 Å². The Kier molecular flexibility index (Phi) is 15.5. The molecule has 2 aromatic carbocycles. The number of phenols is 2. The number of thioether (sulfide) groups is 2. The summed E-state index contributed by atoms with van der Waals surface area (Å²) in [7, 11) is -3.66. The Labute approximate surface area is 309 Å². The number of rotatable bonds is 12. The number of hydrogen-bond acceptors (Lipinski definition) is 9. The molecule has 0 bridgehead atoms. The third-order valence-corrected chi connectivity index (χ3v) is 11.1. The third kappa shape index (κ3) is 14.7. The average molecular weight is 756 g/mol. The predicted molar refractivity (Wildman–Crippen MR) is 207 cm³/mol. The zero-order chi connectivity index (χ0) is 39.3. The minimum atomic E-state index is -3.66. The largest absolute Gasteiger partial charge is 0.507 e. The predicted octanol–water partition coefficient (Wildman–Crippen LogP) is 8.98. The molecule has 0 atom stereocenters. The molecule has 5 N–H and O–H groups in total. The highest BCUT2D eigenvalue weighted by Crippen LogP contribution is 2.51. The topological polar surface area (TPSA) is 164 Å². The maximum atomic E-state index is 12.1. The summed E-state index contributed by atoms with van der Waals surface area (Å²) in [6.45, 7) is 29.0. The van der Waals surface area contributed by atoms with Gasteiger partial charge in [-0.15, -0.1) is 23.5 Å². The van der Waals surface area contributed by atoms with Gasteiger partial charge in [0.1, 0.15) is 11.5 Å². The number of primary amides is 1. The molecule has 0 spiro atoms. The second-order valence-electron chi connectivity index (χ2n) is 16.8. The third-order valence-electron chi connectivity index (χ3n) is 7.98. The molecule has 0 unspecified atom stereocenters. The fraction of sp³-hybridized carbons (Fsp3) is 0.632. The van der Waals surface area contributed by atoms with Crippen LogP contribution in [-0.2, 0) is 46.1 Å². The molecule has 0 saturated carbocycles. The summed E-state index contributed by atoms with van der Waals surface area (Å²) >= 11 is 3.50. The molecule has 1 amide bonds. The molecule has 284 valence electrons. The van der Waals surface area contributed by atoms with Gasteiger partial charge in [-0.05, 0) is 73.1 Å². The molecule has 0 saturated heterocycles. The molecule has 12 heteroatoms. The van der Waals surface area contributed by atoms with E-state index in [4.69, 9.17) is 15.0 Å². The Hall–Kier alpha value is -2.41. The summed E-state index contributed by atoms with van der Waals surface area (Å²) in [4.78, 5) is 25.2. The quantitative estimate of drug-likeness (QED) is 0.0711. The minimum Gasteiger partial charge on any atom is -0.507 e. The van der Waals surface area contributed by atoms with Gasteiger partial charge in [0.2, 0.25) is 5.91 Å². The summed E-state index contributed by atoms with van der Waals surface area (Å²) < 4.78 is 32.0. The van der Waals surface area contributed by atoms with Crippen LogP contribution in [0.2, 0.25) is 0 Å². The fourth-order valence-corrected chi connectivity index (χ4v) is 7.59. The number of benzene rings is 2. The van der Waals surface area contributed by atoms with Gasteiger partial charge in [0.25, 0.3) is 10.1 Å². The van der Waals surface area contributed by atoms with E-state index in [1.807, 2.05) is 13.8 Å². The number of nitrogens with two attached hydrogens (primary N) is 1. The van der Waals surface area contributed by atoms with E-state index in [9.17, 15) is 28.2 Å². The van der Waals surface area contributed by atoms with Gasteiger partial charge in [-0.1, -0.05) is 76.2 Å². The number of amides is 1. The molecule has 0 fully saturated rings. The van der Waals surface area contributed by atoms with Crippen molar-refractivity contribution in [2.75, 3.05) is 12.4 Å². The lowest BCUT2D eigenvalue weighted by Gasteiger charge is -2.32. The molecule has 2 aromatic rings. The Morgan fingerprint density at radius 2 is 1.04 bits per heavy atom. The SMILES string of the molecule is CC(C)(Sc1cc(C(C)(C)C)c(O)c(C(C)(C)C)c1)Sc1cc(C(C)(C)C)c(O)c(C(C)(C)CCOC(=O)CCC(N)=O)c1.CCS(=O)(=O)O. The number of phenolic OH excluding ortho intramolecular Hbond substituents is 2. The normalized spacial score (nSPS) is 13.0. The number of ether oxygens (including phenoxy) is 1. The van der Waals surface area contributed by atoms with Crippen LogP contribution in [0, 0.1) is 0 Å². The van der Waals surface area contributed by atoms with Crippen LogP contribution in [0.1, 0.15) is 138 Å². The van der Waals surface area contributed by atoms with Gasteiger partial charge in [-0.3, -0.25) is 14.1 Å². The zero-order valence-corrected chi connectivity index (χ0v) is 35.0. The lowest BCUT2D eigenvalue weighted by atomic mass is 9.77. The van der Waals surface area contributed by atoms with E-state index in [2.05, 4.69) is 100 Å². The van der Waals surface area contributed by atoms with E-state index in [0.717, 1.165) is 32.0 Å². The van der Waals surface area contributed by atoms with Crippen LogP contribution < -0.4 is 5.73 Å². The van der Waals surface area contributed by atoms with Crippen LogP contribution in [-0.4, -0.2) is 51.5 Å². The zero-order valence-electron chi connectivity index (χ0n) is 32.5. The monoisotopic (exact) mass is 755 g/mol. The Balaban J connectivity index is 0.00000190. The fourth-order valence-electron chi connectivity index (χ4n) is 5.01. The van der Waals surface area contributed by atoms with Gasteiger partial charge in [0.05, 0.1) is 22.9 Å². The van der Waals surface area contributed by atoms with Gasteiger partial charge in [-0.2, -0.15) is 8.42 Å². The summed E-state index contributed by atoms with van der Waals surface area (Å²) in [5.74, 6) is -0.556. The van der Waals surface area contributed by atoms with Gasteiger partial charge < -0.3 is 20.7 Å². The van der Waals surface area contributed by atoms with Crippen LogP contribution >= 0.6 is 23.5 Å². The van der Waals surface area contributed by atoms with Crippen molar-refractivity contribution in [3.8, 4) is 11.5 Å². The first kappa shape index (κ1) is 45.6. The lowest BCUT2D eigenvalue weighted by Crippen LogP contribution is -2.23. The number of carbonyl (C=O) groups is 2. The van der Waals surface area contributed by atoms with Crippen molar-refractivity contribution >= 4 is 45.5 Å². The Morgan fingerprint density at radius 1 is 0.700 bits per heavy atom. The van der Waals surface area contributed by atoms with E-state index < -0.39 is 27.4 Å². The molecule has 0 heterocycles. The average Bonchev–Trinajstić information content (AvgIpc) is 2.91. The lowest BCUT2D eigenvalue weighted by molar-refractivity contribution is -0.145.